The van der Waals surface area contributed by atoms with E-state index >= 15 is 0 Å². The summed E-state index contributed by atoms with van der Waals surface area (Å²) in [6, 6.07) is 3.26. The van der Waals surface area contributed by atoms with Gasteiger partial charge < -0.3 is 19.7 Å². The fraction of sp³-hybridized carbons (Fsp3) is 0.545. The first-order chi connectivity index (χ1) is 7.60. The van der Waals surface area contributed by atoms with Crippen LogP contribution in [0.15, 0.2) is 12.1 Å². The van der Waals surface area contributed by atoms with Crippen molar-refractivity contribution in [2.75, 3.05) is 20.3 Å². The molecule has 1 aromatic heterocycles. The monoisotopic (exact) mass is 226 g/mol. The van der Waals surface area contributed by atoms with E-state index in [0.717, 1.165) is 5.69 Å². The SMILES string of the molecule is COCC(CO)NC(=O)c1ccc(C)n1C. The Labute approximate surface area is 95.0 Å². The first kappa shape index (κ1) is 12.7. The lowest BCUT2D eigenvalue weighted by atomic mass is 10.3. The van der Waals surface area contributed by atoms with Gasteiger partial charge in [0, 0.05) is 19.9 Å². The average molecular weight is 226 g/mol. The third-order valence-electron chi connectivity index (χ3n) is 2.53. The fourth-order valence-corrected chi connectivity index (χ4v) is 1.44. The van der Waals surface area contributed by atoms with Crippen LogP contribution in [0.4, 0.5) is 0 Å². The second-order valence-corrected chi connectivity index (χ2v) is 3.73. The van der Waals surface area contributed by atoms with Gasteiger partial charge >= 0.3 is 0 Å². The Balaban J connectivity index is 2.68. The Hall–Kier alpha value is -1.33. The fourth-order valence-electron chi connectivity index (χ4n) is 1.44. The van der Waals surface area contributed by atoms with Crippen LogP contribution in [0, 0.1) is 6.92 Å². The van der Waals surface area contributed by atoms with Crippen molar-refractivity contribution in [3.63, 3.8) is 0 Å². The number of aromatic nitrogens is 1. The van der Waals surface area contributed by atoms with E-state index in [2.05, 4.69) is 5.32 Å². The van der Waals surface area contributed by atoms with Gasteiger partial charge in [-0.05, 0) is 19.1 Å². The lowest BCUT2D eigenvalue weighted by molar-refractivity contribution is 0.0832. The van der Waals surface area contributed by atoms with Gasteiger partial charge in [-0.15, -0.1) is 0 Å². The molecule has 0 bridgehead atoms. The van der Waals surface area contributed by atoms with Gasteiger partial charge in [-0.3, -0.25) is 4.79 Å². The summed E-state index contributed by atoms with van der Waals surface area (Å²) in [4.78, 5) is 11.8. The van der Waals surface area contributed by atoms with Crippen LogP contribution in [0.3, 0.4) is 0 Å². The molecule has 0 spiro atoms. The van der Waals surface area contributed by atoms with Gasteiger partial charge in [0.2, 0.25) is 0 Å². The van der Waals surface area contributed by atoms with E-state index in [4.69, 9.17) is 9.84 Å². The molecule has 0 aliphatic carbocycles. The summed E-state index contributed by atoms with van der Waals surface area (Å²) < 4.78 is 6.69. The van der Waals surface area contributed by atoms with E-state index in [1.807, 2.05) is 20.0 Å². The van der Waals surface area contributed by atoms with Gasteiger partial charge in [0.05, 0.1) is 19.3 Å². The highest BCUT2D eigenvalue weighted by Gasteiger charge is 2.15. The van der Waals surface area contributed by atoms with E-state index in [1.165, 1.54) is 7.11 Å². The summed E-state index contributed by atoms with van der Waals surface area (Å²) in [6.45, 7) is 2.09. The molecule has 0 fully saturated rings. The van der Waals surface area contributed by atoms with Crippen LogP contribution in [0.1, 0.15) is 16.2 Å². The predicted molar refractivity (Wildman–Crippen MR) is 60.4 cm³/mol. The van der Waals surface area contributed by atoms with Gasteiger partial charge in [0.15, 0.2) is 0 Å². The number of carbonyl (C=O) groups is 1. The zero-order valence-electron chi connectivity index (χ0n) is 9.86. The summed E-state index contributed by atoms with van der Waals surface area (Å²) >= 11 is 0. The van der Waals surface area contributed by atoms with Gasteiger partial charge in [0.1, 0.15) is 5.69 Å². The van der Waals surface area contributed by atoms with Gasteiger partial charge in [0.25, 0.3) is 5.91 Å². The van der Waals surface area contributed by atoms with Crippen LogP contribution >= 0.6 is 0 Å². The van der Waals surface area contributed by atoms with Crippen molar-refractivity contribution in [1.29, 1.82) is 0 Å². The maximum atomic E-state index is 11.8. The van der Waals surface area contributed by atoms with E-state index < -0.39 is 0 Å². The number of aliphatic hydroxyl groups excluding tert-OH is 1. The van der Waals surface area contributed by atoms with Crippen molar-refractivity contribution in [2.45, 2.75) is 13.0 Å². The van der Waals surface area contributed by atoms with Crippen LogP contribution < -0.4 is 5.32 Å². The Kier molecular flexibility index (Phi) is 4.52. The first-order valence-corrected chi connectivity index (χ1v) is 5.13. The van der Waals surface area contributed by atoms with Crippen molar-refractivity contribution in [3.8, 4) is 0 Å². The Morgan fingerprint density at radius 1 is 1.62 bits per heavy atom. The number of aliphatic hydroxyl groups is 1. The largest absolute Gasteiger partial charge is 0.394 e. The normalized spacial score (nSPS) is 12.5. The Bertz CT molecular complexity index is 360. The van der Waals surface area contributed by atoms with Gasteiger partial charge in [-0.2, -0.15) is 0 Å². The molecule has 1 heterocycles. The second kappa shape index (κ2) is 5.67. The number of nitrogens with zero attached hydrogens (tertiary/aromatic N) is 1. The second-order valence-electron chi connectivity index (χ2n) is 3.73. The number of hydrogen-bond acceptors (Lipinski definition) is 3. The van der Waals surface area contributed by atoms with Crippen LogP contribution in [0.5, 0.6) is 0 Å². The quantitative estimate of drug-likeness (QED) is 0.747. The molecule has 1 atom stereocenters. The molecule has 1 unspecified atom stereocenters. The topological polar surface area (TPSA) is 63.5 Å². The summed E-state index contributed by atoms with van der Waals surface area (Å²) in [5.41, 5.74) is 1.59. The number of amides is 1. The van der Waals surface area contributed by atoms with E-state index in [9.17, 15) is 4.79 Å². The maximum Gasteiger partial charge on any atom is 0.268 e. The van der Waals surface area contributed by atoms with Crippen molar-refractivity contribution in [3.05, 3.63) is 23.5 Å². The maximum absolute atomic E-state index is 11.8. The molecule has 0 aliphatic heterocycles. The molecular formula is C11H18N2O3. The molecule has 2 N–H and O–H groups in total. The number of aryl methyl sites for hydroxylation is 1. The van der Waals surface area contributed by atoms with Gasteiger partial charge in [-0.1, -0.05) is 0 Å². The highest BCUT2D eigenvalue weighted by molar-refractivity contribution is 5.93. The molecule has 5 nitrogen and oxygen atoms in total. The van der Waals surface area contributed by atoms with Crippen LogP contribution in [0.25, 0.3) is 0 Å². The molecule has 1 aromatic rings. The third-order valence-corrected chi connectivity index (χ3v) is 2.53. The molecule has 0 saturated heterocycles. The molecule has 0 radical (unpaired) electrons. The number of methoxy groups -OCH3 is 1. The molecule has 0 aliphatic rings. The van der Waals surface area contributed by atoms with Crippen molar-refractivity contribution < 1.29 is 14.6 Å². The van der Waals surface area contributed by atoms with Crippen molar-refractivity contribution in [1.82, 2.24) is 9.88 Å². The molecule has 1 rings (SSSR count). The molecule has 0 saturated carbocycles. The average Bonchev–Trinajstić information content (AvgIpc) is 2.59. The smallest absolute Gasteiger partial charge is 0.268 e. The van der Waals surface area contributed by atoms with Crippen LogP contribution in [-0.4, -0.2) is 41.9 Å². The van der Waals surface area contributed by atoms with Crippen molar-refractivity contribution in [2.24, 2.45) is 7.05 Å². The zero-order chi connectivity index (χ0) is 12.1. The van der Waals surface area contributed by atoms with E-state index in [0.29, 0.717) is 12.3 Å². The molecule has 1 amide bonds. The lowest BCUT2D eigenvalue weighted by Gasteiger charge is -2.15. The third kappa shape index (κ3) is 2.84. The molecule has 5 heteroatoms. The summed E-state index contributed by atoms with van der Waals surface area (Å²) in [7, 11) is 3.36. The summed E-state index contributed by atoms with van der Waals surface area (Å²) in [6.07, 6.45) is 0. The van der Waals surface area contributed by atoms with Gasteiger partial charge in [-0.25, -0.2) is 0 Å². The van der Waals surface area contributed by atoms with E-state index in [-0.39, 0.29) is 18.6 Å². The molecular weight excluding hydrogens is 208 g/mol. The molecule has 90 valence electrons. The van der Waals surface area contributed by atoms with Crippen molar-refractivity contribution >= 4 is 5.91 Å². The van der Waals surface area contributed by atoms with Crippen LogP contribution in [0.2, 0.25) is 0 Å². The highest BCUT2D eigenvalue weighted by Crippen LogP contribution is 2.05. The number of rotatable bonds is 5. The van der Waals surface area contributed by atoms with Crippen LogP contribution in [-0.2, 0) is 11.8 Å². The Morgan fingerprint density at radius 3 is 2.75 bits per heavy atom. The number of ether oxygens (including phenoxy) is 1. The molecule has 0 aromatic carbocycles. The molecule has 16 heavy (non-hydrogen) atoms. The number of hydrogen-bond donors (Lipinski definition) is 2. The standard InChI is InChI=1S/C11H18N2O3/c1-8-4-5-10(13(8)2)11(15)12-9(6-14)7-16-3/h4-5,9,14H,6-7H2,1-3H3,(H,12,15). The summed E-state index contributed by atoms with van der Waals surface area (Å²) in [5, 5.41) is 11.7. The first-order valence-electron chi connectivity index (χ1n) is 5.13. The predicted octanol–water partition coefficient (Wildman–Crippen LogP) is 0.0706. The summed E-state index contributed by atoms with van der Waals surface area (Å²) in [5.74, 6) is -0.202. The minimum Gasteiger partial charge on any atom is -0.394 e. The zero-order valence-corrected chi connectivity index (χ0v) is 9.86. The minimum absolute atomic E-state index is 0.136. The Morgan fingerprint density at radius 2 is 2.31 bits per heavy atom. The minimum atomic E-state index is -0.368. The number of carbonyl (C=O) groups excluding carboxylic acids is 1. The lowest BCUT2D eigenvalue weighted by Crippen LogP contribution is -2.41. The number of nitrogens with one attached hydrogen (secondary N) is 1. The van der Waals surface area contributed by atoms with E-state index in [1.54, 1.807) is 10.6 Å². The highest BCUT2D eigenvalue weighted by atomic mass is 16.5.